The van der Waals surface area contributed by atoms with Crippen LogP contribution >= 0.6 is 0 Å². The molecule has 0 N–H and O–H groups in total. The van der Waals surface area contributed by atoms with Crippen molar-refractivity contribution in [3.8, 4) is 0 Å². The maximum Gasteiger partial charge on any atom is 0.320 e. The Bertz CT molecular complexity index is 331. The summed E-state index contributed by atoms with van der Waals surface area (Å²) < 4.78 is 5.32. The number of carbonyl (C=O) groups excluding carboxylic acids is 1. The summed E-state index contributed by atoms with van der Waals surface area (Å²) in [6, 6.07) is 0.928. The number of urea groups is 1. The lowest BCUT2D eigenvalue weighted by Gasteiger charge is -2.47. The molecule has 0 radical (unpaired) electrons. The van der Waals surface area contributed by atoms with E-state index in [9.17, 15) is 4.79 Å². The largest absolute Gasteiger partial charge is 0.378 e. The van der Waals surface area contributed by atoms with Crippen LogP contribution in [0.1, 0.15) is 19.3 Å². The molecule has 0 aromatic rings. The molecule has 108 valence electrons. The molecule has 2 amide bonds. The zero-order chi connectivity index (χ0) is 13.2. The lowest BCUT2D eigenvalue weighted by Crippen LogP contribution is -2.57. The van der Waals surface area contributed by atoms with E-state index < -0.39 is 0 Å². The van der Waals surface area contributed by atoms with Crippen molar-refractivity contribution in [2.24, 2.45) is 5.92 Å². The second-order valence-corrected chi connectivity index (χ2v) is 6.07. The van der Waals surface area contributed by atoms with Gasteiger partial charge in [-0.15, -0.1) is 0 Å². The molecule has 0 spiro atoms. The van der Waals surface area contributed by atoms with Crippen LogP contribution in [0, 0.1) is 5.92 Å². The summed E-state index contributed by atoms with van der Waals surface area (Å²) in [5, 5.41) is 0. The number of fused-ring (bicyclic) bond motifs is 1. The number of hydrogen-bond acceptors (Lipinski definition) is 3. The van der Waals surface area contributed by atoms with E-state index in [0.717, 1.165) is 32.6 Å². The first-order chi connectivity index (χ1) is 9.25. The fourth-order valence-corrected chi connectivity index (χ4v) is 3.78. The highest BCUT2D eigenvalue weighted by Gasteiger charge is 2.36. The molecule has 5 heteroatoms. The van der Waals surface area contributed by atoms with Crippen molar-refractivity contribution < 1.29 is 9.53 Å². The number of ether oxygens (including phenoxy) is 1. The van der Waals surface area contributed by atoms with Crippen molar-refractivity contribution in [3.63, 3.8) is 0 Å². The molecule has 2 unspecified atom stereocenters. The van der Waals surface area contributed by atoms with Gasteiger partial charge in [-0.2, -0.15) is 0 Å². The number of nitrogens with zero attached hydrogens (tertiary/aromatic N) is 3. The van der Waals surface area contributed by atoms with E-state index in [-0.39, 0.29) is 6.03 Å². The maximum absolute atomic E-state index is 12.5. The smallest absolute Gasteiger partial charge is 0.320 e. The lowest BCUT2D eigenvalue weighted by atomic mass is 9.84. The molecule has 0 aliphatic carbocycles. The van der Waals surface area contributed by atoms with Crippen LogP contribution in [0.4, 0.5) is 4.79 Å². The van der Waals surface area contributed by atoms with Crippen molar-refractivity contribution in [1.29, 1.82) is 0 Å². The van der Waals surface area contributed by atoms with Crippen molar-refractivity contribution in [2.45, 2.75) is 25.3 Å². The van der Waals surface area contributed by atoms with Crippen LogP contribution in [0.5, 0.6) is 0 Å². The van der Waals surface area contributed by atoms with E-state index in [0.29, 0.717) is 25.2 Å². The molecule has 3 aliphatic rings. The topological polar surface area (TPSA) is 36.0 Å². The Labute approximate surface area is 115 Å². The second-order valence-electron chi connectivity index (χ2n) is 6.07. The van der Waals surface area contributed by atoms with E-state index >= 15 is 0 Å². The van der Waals surface area contributed by atoms with Crippen LogP contribution in [0.25, 0.3) is 0 Å². The Kier molecular flexibility index (Phi) is 3.93. The van der Waals surface area contributed by atoms with Crippen molar-refractivity contribution in [1.82, 2.24) is 14.7 Å². The molecule has 0 aromatic carbocycles. The molecule has 3 rings (SSSR count). The van der Waals surface area contributed by atoms with Crippen LogP contribution in [0.15, 0.2) is 0 Å². The Hall–Kier alpha value is -0.810. The minimum atomic E-state index is 0.231. The molecule has 3 fully saturated rings. The Morgan fingerprint density at radius 1 is 1.05 bits per heavy atom. The van der Waals surface area contributed by atoms with Gasteiger partial charge in [0, 0.05) is 32.2 Å². The molecule has 19 heavy (non-hydrogen) atoms. The highest BCUT2D eigenvalue weighted by atomic mass is 16.5. The molecule has 5 nitrogen and oxygen atoms in total. The second kappa shape index (κ2) is 5.67. The normalized spacial score (nSPS) is 33.1. The Morgan fingerprint density at radius 3 is 2.63 bits per heavy atom. The van der Waals surface area contributed by atoms with Crippen LogP contribution in [0.2, 0.25) is 0 Å². The third-order valence-corrected chi connectivity index (χ3v) is 4.90. The van der Waals surface area contributed by atoms with Gasteiger partial charge < -0.3 is 19.4 Å². The third kappa shape index (κ3) is 2.72. The van der Waals surface area contributed by atoms with Gasteiger partial charge in [-0.1, -0.05) is 0 Å². The first kappa shape index (κ1) is 13.2. The lowest BCUT2D eigenvalue weighted by molar-refractivity contribution is 0.0205. The van der Waals surface area contributed by atoms with Gasteiger partial charge in [0.05, 0.1) is 13.2 Å². The monoisotopic (exact) mass is 267 g/mol. The average molecular weight is 267 g/mol. The SMILES string of the molecule is CN1CCCC2CN(C(=O)N3CCOCC3)CCC21. The molecule has 0 saturated carbocycles. The summed E-state index contributed by atoms with van der Waals surface area (Å²) in [5.74, 6) is 0.678. The quantitative estimate of drug-likeness (QED) is 0.653. The molecule has 3 aliphatic heterocycles. The number of piperidine rings is 2. The van der Waals surface area contributed by atoms with E-state index in [2.05, 4.69) is 16.8 Å². The summed E-state index contributed by atoms with van der Waals surface area (Å²) in [4.78, 5) is 19.0. The molecule has 3 heterocycles. The standard InChI is InChI=1S/C14H25N3O2/c1-15-5-2-3-12-11-17(6-4-13(12)15)14(18)16-7-9-19-10-8-16/h12-13H,2-11H2,1H3. The summed E-state index contributed by atoms with van der Waals surface area (Å²) >= 11 is 0. The van der Waals surface area contributed by atoms with Gasteiger partial charge in [-0.05, 0) is 38.8 Å². The van der Waals surface area contributed by atoms with E-state index in [1.807, 2.05) is 4.90 Å². The van der Waals surface area contributed by atoms with Crippen LogP contribution in [-0.2, 0) is 4.74 Å². The van der Waals surface area contributed by atoms with Crippen LogP contribution < -0.4 is 0 Å². The van der Waals surface area contributed by atoms with Gasteiger partial charge in [0.25, 0.3) is 0 Å². The van der Waals surface area contributed by atoms with Gasteiger partial charge in [-0.3, -0.25) is 0 Å². The van der Waals surface area contributed by atoms with Crippen LogP contribution in [0.3, 0.4) is 0 Å². The Balaban J connectivity index is 1.59. The summed E-state index contributed by atoms with van der Waals surface area (Å²) in [7, 11) is 2.23. The number of rotatable bonds is 0. The van der Waals surface area contributed by atoms with E-state index in [1.54, 1.807) is 0 Å². The van der Waals surface area contributed by atoms with Crippen LogP contribution in [-0.4, -0.2) is 79.8 Å². The van der Waals surface area contributed by atoms with Gasteiger partial charge in [0.1, 0.15) is 0 Å². The molecule has 2 atom stereocenters. The Morgan fingerprint density at radius 2 is 1.84 bits per heavy atom. The fourth-order valence-electron chi connectivity index (χ4n) is 3.78. The highest BCUT2D eigenvalue weighted by molar-refractivity contribution is 5.74. The molecular weight excluding hydrogens is 242 g/mol. The number of likely N-dealkylation sites (tertiary alicyclic amines) is 2. The van der Waals surface area contributed by atoms with Crippen molar-refractivity contribution in [3.05, 3.63) is 0 Å². The maximum atomic E-state index is 12.5. The predicted octanol–water partition coefficient (Wildman–Crippen LogP) is 0.855. The number of amides is 2. The minimum Gasteiger partial charge on any atom is -0.378 e. The molecule has 0 bridgehead atoms. The first-order valence-corrected chi connectivity index (χ1v) is 7.57. The summed E-state index contributed by atoms with van der Waals surface area (Å²) in [5.41, 5.74) is 0. The summed E-state index contributed by atoms with van der Waals surface area (Å²) in [6.07, 6.45) is 3.69. The van der Waals surface area contributed by atoms with E-state index in [1.165, 1.54) is 19.4 Å². The highest BCUT2D eigenvalue weighted by Crippen LogP contribution is 2.29. The van der Waals surface area contributed by atoms with Gasteiger partial charge >= 0.3 is 6.03 Å². The van der Waals surface area contributed by atoms with Gasteiger partial charge in [0.15, 0.2) is 0 Å². The summed E-state index contributed by atoms with van der Waals surface area (Å²) in [6.45, 7) is 5.97. The fraction of sp³-hybridized carbons (Fsp3) is 0.929. The van der Waals surface area contributed by atoms with Crippen molar-refractivity contribution >= 4 is 6.03 Å². The molecular formula is C14H25N3O2. The third-order valence-electron chi connectivity index (χ3n) is 4.90. The number of carbonyl (C=O) groups is 1. The van der Waals surface area contributed by atoms with Gasteiger partial charge in [-0.25, -0.2) is 4.79 Å². The zero-order valence-electron chi connectivity index (χ0n) is 11.9. The minimum absolute atomic E-state index is 0.231. The van der Waals surface area contributed by atoms with Crippen molar-refractivity contribution in [2.75, 3.05) is 53.0 Å². The number of hydrogen-bond donors (Lipinski definition) is 0. The molecule has 0 aromatic heterocycles. The van der Waals surface area contributed by atoms with E-state index in [4.69, 9.17) is 4.74 Å². The zero-order valence-corrected chi connectivity index (χ0v) is 11.9. The average Bonchev–Trinajstić information content (AvgIpc) is 2.47. The number of morpholine rings is 1. The molecule has 3 saturated heterocycles. The predicted molar refractivity (Wildman–Crippen MR) is 73.1 cm³/mol. The van der Waals surface area contributed by atoms with Gasteiger partial charge in [0.2, 0.25) is 0 Å². The first-order valence-electron chi connectivity index (χ1n) is 7.57.